The number of nitrogens with two attached hydrogens (primary N) is 1. The van der Waals surface area contributed by atoms with Crippen molar-refractivity contribution in [2.75, 3.05) is 5.73 Å². The van der Waals surface area contributed by atoms with Gasteiger partial charge >= 0.3 is 0 Å². The van der Waals surface area contributed by atoms with Crippen LogP contribution in [0.3, 0.4) is 0 Å². The molecule has 0 radical (unpaired) electrons. The third-order valence-electron chi connectivity index (χ3n) is 3.30. The number of carbonyl (C=O) groups excluding carboxylic acids is 1. The van der Waals surface area contributed by atoms with Crippen LogP contribution < -0.4 is 11.1 Å². The van der Waals surface area contributed by atoms with Crippen molar-refractivity contribution in [3.63, 3.8) is 0 Å². The van der Waals surface area contributed by atoms with E-state index >= 15 is 0 Å². The minimum Gasteiger partial charge on any atom is -0.396 e. The molecule has 19 heavy (non-hydrogen) atoms. The van der Waals surface area contributed by atoms with Gasteiger partial charge in [0.2, 0.25) is 0 Å². The van der Waals surface area contributed by atoms with Crippen LogP contribution in [0, 0.1) is 0 Å². The topological polar surface area (TPSA) is 75.3 Å². The normalized spacial score (nSPS) is 12.4. The Morgan fingerprint density at radius 2 is 1.63 bits per heavy atom. The lowest BCUT2D eigenvalue weighted by atomic mass is 9.86. The van der Waals surface area contributed by atoms with Crippen molar-refractivity contribution in [2.45, 2.75) is 38.8 Å². The van der Waals surface area contributed by atoms with Gasteiger partial charge in [0.1, 0.15) is 0 Å². The molecule has 0 aromatic heterocycles. The predicted octanol–water partition coefficient (Wildman–Crippen LogP) is 2.85. The molecule has 4 nitrogen and oxygen atoms in total. The van der Waals surface area contributed by atoms with E-state index in [9.17, 15) is 9.90 Å². The summed E-state index contributed by atoms with van der Waals surface area (Å²) >= 11 is 11.8. The van der Waals surface area contributed by atoms with Crippen LogP contribution >= 0.6 is 23.2 Å². The Labute approximate surface area is 122 Å². The monoisotopic (exact) mass is 304 g/mol. The summed E-state index contributed by atoms with van der Waals surface area (Å²) in [6, 6.07) is 2.89. The first-order valence-corrected chi connectivity index (χ1v) is 6.51. The number of carbonyl (C=O) groups is 1. The maximum Gasteiger partial charge on any atom is 0.251 e. The second-order valence-electron chi connectivity index (χ2n) is 5.49. The minimum absolute atomic E-state index is 0.221. The summed E-state index contributed by atoms with van der Waals surface area (Å²) in [5.41, 5.74) is 4.25. The summed E-state index contributed by atoms with van der Waals surface area (Å²) in [5, 5.41) is 13.2. The first-order valence-electron chi connectivity index (χ1n) is 5.75. The number of benzene rings is 1. The number of hydrogen-bond donors (Lipinski definition) is 3. The number of nitrogen functional groups attached to an aromatic ring is 1. The van der Waals surface area contributed by atoms with Gasteiger partial charge in [-0.2, -0.15) is 0 Å². The minimum atomic E-state index is -1.08. The molecule has 1 rings (SSSR count). The third kappa shape index (κ3) is 3.53. The van der Waals surface area contributed by atoms with Crippen molar-refractivity contribution in [2.24, 2.45) is 0 Å². The molecule has 0 aliphatic rings. The number of aliphatic hydroxyl groups is 1. The molecule has 0 spiro atoms. The highest BCUT2D eigenvalue weighted by molar-refractivity contribution is 6.39. The van der Waals surface area contributed by atoms with E-state index in [0.717, 1.165) is 0 Å². The number of amides is 1. The van der Waals surface area contributed by atoms with Gasteiger partial charge in [-0.3, -0.25) is 4.79 Å². The zero-order valence-corrected chi connectivity index (χ0v) is 12.9. The number of rotatable bonds is 3. The fourth-order valence-corrected chi connectivity index (χ4v) is 1.71. The maximum absolute atomic E-state index is 12.1. The molecule has 0 bridgehead atoms. The van der Waals surface area contributed by atoms with Crippen molar-refractivity contribution >= 4 is 34.8 Å². The number of nitrogens with one attached hydrogen (secondary N) is 1. The van der Waals surface area contributed by atoms with Crippen LogP contribution in [0.5, 0.6) is 0 Å². The smallest absolute Gasteiger partial charge is 0.251 e. The van der Waals surface area contributed by atoms with Crippen molar-refractivity contribution in [3.05, 3.63) is 27.7 Å². The Morgan fingerprint density at radius 3 is 2.00 bits per heavy atom. The van der Waals surface area contributed by atoms with Crippen molar-refractivity contribution in [3.8, 4) is 0 Å². The summed E-state index contributed by atoms with van der Waals surface area (Å²) in [5.74, 6) is -0.379. The second-order valence-corrected chi connectivity index (χ2v) is 6.31. The summed E-state index contributed by atoms with van der Waals surface area (Å²) in [4.78, 5) is 12.1. The van der Waals surface area contributed by atoms with Gasteiger partial charge in [0.25, 0.3) is 5.91 Å². The zero-order chi connectivity index (χ0) is 15.0. The lowest BCUT2D eigenvalue weighted by molar-refractivity contribution is -0.00292. The van der Waals surface area contributed by atoms with Crippen LogP contribution in [0.2, 0.25) is 10.0 Å². The molecule has 106 valence electrons. The van der Waals surface area contributed by atoms with Gasteiger partial charge in [-0.1, -0.05) is 23.2 Å². The van der Waals surface area contributed by atoms with Gasteiger partial charge in [-0.25, -0.2) is 0 Å². The molecule has 0 saturated carbocycles. The fraction of sp³-hybridized carbons (Fsp3) is 0.462. The number of hydrogen-bond acceptors (Lipinski definition) is 3. The predicted molar refractivity (Wildman–Crippen MR) is 78.7 cm³/mol. The Morgan fingerprint density at radius 1 is 1.21 bits per heavy atom. The molecule has 0 aliphatic carbocycles. The second kappa shape index (κ2) is 5.19. The molecule has 0 saturated heterocycles. The molecule has 0 aliphatic heterocycles. The van der Waals surface area contributed by atoms with Crippen molar-refractivity contribution in [1.82, 2.24) is 5.32 Å². The van der Waals surface area contributed by atoms with Crippen LogP contribution in [-0.2, 0) is 0 Å². The van der Waals surface area contributed by atoms with Gasteiger partial charge in [-0.15, -0.1) is 0 Å². The molecule has 4 N–H and O–H groups in total. The summed E-state index contributed by atoms with van der Waals surface area (Å²) in [6.45, 7) is 6.70. The van der Waals surface area contributed by atoms with E-state index < -0.39 is 11.1 Å². The molecule has 6 heteroatoms. The largest absolute Gasteiger partial charge is 0.396 e. The fourth-order valence-electron chi connectivity index (χ4n) is 1.22. The summed E-state index contributed by atoms with van der Waals surface area (Å²) in [6.07, 6.45) is 0. The molecular weight excluding hydrogens is 287 g/mol. The first kappa shape index (κ1) is 16.1. The van der Waals surface area contributed by atoms with E-state index in [1.54, 1.807) is 27.7 Å². The highest BCUT2D eigenvalue weighted by Crippen LogP contribution is 2.29. The third-order valence-corrected chi connectivity index (χ3v) is 3.92. The van der Waals surface area contributed by atoms with Crippen molar-refractivity contribution < 1.29 is 9.90 Å². The van der Waals surface area contributed by atoms with Crippen LogP contribution in [-0.4, -0.2) is 22.2 Å². The van der Waals surface area contributed by atoms with Crippen LogP contribution in [0.4, 0.5) is 5.69 Å². The number of halogens is 2. The van der Waals surface area contributed by atoms with Crippen LogP contribution in [0.15, 0.2) is 12.1 Å². The van der Waals surface area contributed by atoms with E-state index in [2.05, 4.69) is 5.32 Å². The number of anilines is 1. The average molecular weight is 305 g/mol. The SMILES string of the molecule is CC(C)(O)C(C)(C)NC(=O)c1cc(Cl)c(N)c(Cl)c1. The van der Waals surface area contributed by atoms with Gasteiger partial charge < -0.3 is 16.2 Å². The molecule has 1 aromatic rings. The Hall–Kier alpha value is -0.970. The van der Waals surface area contributed by atoms with Gasteiger partial charge in [0.05, 0.1) is 26.9 Å². The van der Waals surface area contributed by atoms with E-state index in [1.165, 1.54) is 12.1 Å². The molecular formula is C13H18Cl2N2O2. The Bertz CT molecular complexity index is 485. The van der Waals surface area contributed by atoms with E-state index in [1.807, 2.05) is 0 Å². The lowest BCUT2D eigenvalue weighted by Gasteiger charge is -2.38. The molecule has 0 fully saturated rings. The van der Waals surface area contributed by atoms with Crippen molar-refractivity contribution in [1.29, 1.82) is 0 Å². The molecule has 0 unspecified atom stereocenters. The Balaban J connectivity index is 3.03. The zero-order valence-electron chi connectivity index (χ0n) is 11.3. The molecule has 0 atom stereocenters. The molecule has 0 heterocycles. The molecule has 1 aromatic carbocycles. The lowest BCUT2D eigenvalue weighted by Crippen LogP contribution is -2.57. The summed E-state index contributed by atoms with van der Waals surface area (Å²) < 4.78 is 0. The Kier molecular flexibility index (Phi) is 4.40. The average Bonchev–Trinajstić information content (AvgIpc) is 2.22. The first-order chi connectivity index (χ1) is 8.45. The van der Waals surface area contributed by atoms with Gasteiger partial charge in [0, 0.05) is 5.56 Å². The van der Waals surface area contributed by atoms with E-state index in [-0.39, 0.29) is 21.6 Å². The summed E-state index contributed by atoms with van der Waals surface area (Å²) in [7, 11) is 0. The van der Waals surface area contributed by atoms with E-state index in [0.29, 0.717) is 5.56 Å². The van der Waals surface area contributed by atoms with Gasteiger partial charge in [0.15, 0.2) is 0 Å². The van der Waals surface area contributed by atoms with E-state index in [4.69, 9.17) is 28.9 Å². The highest BCUT2D eigenvalue weighted by Gasteiger charge is 2.36. The highest BCUT2D eigenvalue weighted by atomic mass is 35.5. The molecule has 1 amide bonds. The quantitative estimate of drug-likeness (QED) is 0.752. The maximum atomic E-state index is 12.1. The standard InChI is InChI=1S/C13H18Cl2N2O2/c1-12(2,13(3,4)19)17-11(18)7-5-8(14)10(16)9(15)6-7/h5-6,19H,16H2,1-4H3,(H,17,18). The van der Waals surface area contributed by atoms with Crippen LogP contribution in [0.25, 0.3) is 0 Å². The van der Waals surface area contributed by atoms with Gasteiger partial charge in [-0.05, 0) is 39.8 Å². The van der Waals surface area contributed by atoms with Crippen LogP contribution in [0.1, 0.15) is 38.1 Å².